The molecule has 40 heavy (non-hydrogen) atoms. The monoisotopic (exact) mass is 565 g/mol. The van der Waals surface area contributed by atoms with Crippen LogP contribution < -0.4 is 5.32 Å². The number of rotatable bonds is 11. The van der Waals surface area contributed by atoms with E-state index in [0.29, 0.717) is 42.4 Å². The molecule has 0 spiro atoms. The molecule has 1 amide bonds. The fraction of sp³-hybridized carbons (Fsp3) is 0.630. The molecule has 0 unspecified atom stereocenters. The van der Waals surface area contributed by atoms with Crippen molar-refractivity contribution in [3.8, 4) is 11.5 Å². The molecule has 4 rings (SSSR count). The van der Waals surface area contributed by atoms with E-state index in [2.05, 4.69) is 15.4 Å². The molecule has 0 aromatic carbocycles. The van der Waals surface area contributed by atoms with Gasteiger partial charge in [0.2, 0.25) is 5.76 Å². The fourth-order valence-electron chi connectivity index (χ4n) is 5.14. The number of hydrogen-bond acceptors (Lipinski definition) is 10. The van der Waals surface area contributed by atoms with Crippen molar-refractivity contribution in [2.24, 2.45) is 0 Å². The van der Waals surface area contributed by atoms with Gasteiger partial charge in [-0.2, -0.15) is 0 Å². The van der Waals surface area contributed by atoms with Gasteiger partial charge in [-0.15, -0.1) is 0 Å². The van der Waals surface area contributed by atoms with Gasteiger partial charge in [0.15, 0.2) is 23.7 Å². The molecule has 2 fully saturated rings. The van der Waals surface area contributed by atoms with E-state index >= 15 is 0 Å². The first-order valence-electron chi connectivity index (χ1n) is 13.7. The van der Waals surface area contributed by atoms with Gasteiger partial charge in [0.05, 0.1) is 13.2 Å². The summed E-state index contributed by atoms with van der Waals surface area (Å²) >= 11 is 0. The number of carbonyl (C=O) groups is 3. The number of amides is 1. The van der Waals surface area contributed by atoms with Crippen molar-refractivity contribution in [2.45, 2.75) is 95.0 Å². The lowest BCUT2D eigenvalue weighted by molar-refractivity contribution is -0.165. The van der Waals surface area contributed by atoms with Gasteiger partial charge < -0.3 is 44.7 Å². The molecule has 2 aromatic heterocycles. The summed E-state index contributed by atoms with van der Waals surface area (Å²) in [6, 6.07) is 6.04. The zero-order valence-electron chi connectivity index (χ0n) is 22.4. The predicted molar refractivity (Wildman–Crippen MR) is 140 cm³/mol. The Bertz CT molecular complexity index is 1050. The molecule has 2 atom stereocenters. The lowest BCUT2D eigenvalue weighted by Gasteiger charge is -2.41. The minimum absolute atomic E-state index is 0.000178. The molecule has 0 aliphatic heterocycles. The van der Waals surface area contributed by atoms with Gasteiger partial charge in [-0.3, -0.25) is 4.79 Å². The van der Waals surface area contributed by atoms with Crippen LogP contribution in [0.2, 0.25) is 0 Å². The number of carboxylic acid groups (broad SMARTS) is 2. The number of furan rings is 1. The number of nitrogens with zero attached hydrogens (tertiary/aromatic N) is 2. The molecular formula is C27H39N3O10. The van der Waals surface area contributed by atoms with E-state index in [1.165, 1.54) is 38.5 Å². The zero-order chi connectivity index (χ0) is 29.1. The number of hydrogen-bond donors (Lipinski definition) is 6. The maximum absolute atomic E-state index is 13.5. The molecule has 2 aliphatic carbocycles. The normalized spacial score (nSPS) is 17.9. The largest absolute Gasteiger partial charge is 0.479 e. The smallest absolute Gasteiger partial charge is 0.335 e. The highest BCUT2D eigenvalue weighted by Gasteiger charge is 2.34. The second-order valence-electron chi connectivity index (χ2n) is 10.1. The number of aliphatic hydroxyl groups is 3. The topological polar surface area (TPSA) is 207 Å². The minimum atomic E-state index is -2.27. The Balaban J connectivity index is 0.000000378. The van der Waals surface area contributed by atoms with Gasteiger partial charge in [0, 0.05) is 24.7 Å². The first-order chi connectivity index (χ1) is 19.2. The van der Waals surface area contributed by atoms with E-state index in [0.717, 1.165) is 31.4 Å². The lowest BCUT2D eigenvalue weighted by atomic mass is 9.88. The van der Waals surface area contributed by atoms with Gasteiger partial charge in [0.1, 0.15) is 5.76 Å². The second kappa shape index (κ2) is 15.5. The Labute approximate surface area is 231 Å². The van der Waals surface area contributed by atoms with E-state index in [1.54, 1.807) is 6.07 Å². The van der Waals surface area contributed by atoms with E-state index in [4.69, 9.17) is 34.5 Å². The van der Waals surface area contributed by atoms with Gasteiger partial charge in [-0.25, -0.2) is 9.59 Å². The van der Waals surface area contributed by atoms with Crippen LogP contribution in [0, 0.1) is 0 Å². The second-order valence-corrected chi connectivity index (χ2v) is 10.1. The van der Waals surface area contributed by atoms with Crippen molar-refractivity contribution in [3.05, 3.63) is 29.7 Å². The number of carboxylic acids is 2. The molecule has 0 saturated heterocycles. The summed E-state index contributed by atoms with van der Waals surface area (Å²) < 4.78 is 11.3. The molecule has 0 bridgehead atoms. The molecule has 6 N–H and O–H groups in total. The highest BCUT2D eigenvalue weighted by atomic mass is 16.5. The summed E-state index contributed by atoms with van der Waals surface area (Å²) in [5.74, 6) is -1.76. The molecule has 2 saturated carbocycles. The van der Waals surface area contributed by atoms with Gasteiger partial charge in [0.25, 0.3) is 5.91 Å². The Morgan fingerprint density at radius 3 is 1.95 bits per heavy atom. The van der Waals surface area contributed by atoms with Crippen molar-refractivity contribution in [1.82, 2.24) is 15.4 Å². The van der Waals surface area contributed by atoms with Crippen LogP contribution in [0.3, 0.4) is 0 Å². The van der Waals surface area contributed by atoms with Crippen LogP contribution in [0.4, 0.5) is 0 Å². The number of aliphatic hydroxyl groups excluding tert-OH is 3. The molecule has 2 aliphatic rings. The molecule has 0 radical (unpaired) electrons. The molecule has 13 nitrogen and oxygen atoms in total. The minimum Gasteiger partial charge on any atom is -0.479 e. The Hall–Kier alpha value is -3.26. The number of carbonyl (C=O) groups excluding carboxylic acids is 1. The van der Waals surface area contributed by atoms with E-state index in [1.807, 2.05) is 12.1 Å². The third-order valence-corrected chi connectivity index (χ3v) is 7.20. The number of aromatic nitrogens is 1. The van der Waals surface area contributed by atoms with Gasteiger partial charge in [-0.05, 0) is 37.8 Å². The summed E-state index contributed by atoms with van der Waals surface area (Å²) in [6.07, 6.45) is 7.17. The molecule has 2 heterocycles. The van der Waals surface area contributed by atoms with E-state index in [-0.39, 0.29) is 12.5 Å². The maximum atomic E-state index is 13.5. The van der Waals surface area contributed by atoms with Gasteiger partial charge in [-0.1, -0.05) is 43.7 Å². The third-order valence-electron chi connectivity index (χ3n) is 7.20. The molecule has 13 heteroatoms. The van der Waals surface area contributed by atoms with Crippen molar-refractivity contribution < 1.29 is 48.9 Å². The highest BCUT2D eigenvalue weighted by Crippen LogP contribution is 2.32. The fourth-order valence-corrected chi connectivity index (χ4v) is 5.14. The first-order valence-corrected chi connectivity index (χ1v) is 13.7. The molecule has 2 aromatic rings. The Morgan fingerprint density at radius 1 is 0.900 bits per heavy atom. The number of aliphatic carboxylic acids is 2. The summed E-state index contributed by atoms with van der Waals surface area (Å²) in [5, 5.41) is 48.6. The lowest BCUT2D eigenvalue weighted by Crippen LogP contribution is -2.48. The summed E-state index contributed by atoms with van der Waals surface area (Å²) in [4.78, 5) is 35.2. The van der Waals surface area contributed by atoms with Crippen molar-refractivity contribution in [1.29, 1.82) is 0 Å². The zero-order valence-corrected chi connectivity index (χ0v) is 22.4. The van der Waals surface area contributed by atoms with E-state index in [9.17, 15) is 14.4 Å². The average Bonchev–Trinajstić information content (AvgIpc) is 3.64. The summed E-state index contributed by atoms with van der Waals surface area (Å²) in [7, 11) is 0. The van der Waals surface area contributed by atoms with Crippen LogP contribution in [0.5, 0.6) is 0 Å². The quantitative estimate of drug-likeness (QED) is 0.216. The van der Waals surface area contributed by atoms with Crippen molar-refractivity contribution in [2.75, 3.05) is 13.2 Å². The van der Waals surface area contributed by atoms with Gasteiger partial charge >= 0.3 is 11.9 Å². The maximum Gasteiger partial charge on any atom is 0.335 e. The third kappa shape index (κ3) is 8.62. The van der Waals surface area contributed by atoms with Crippen LogP contribution in [0.15, 0.2) is 27.1 Å². The average molecular weight is 566 g/mol. The van der Waals surface area contributed by atoms with Crippen molar-refractivity contribution >= 4 is 17.8 Å². The van der Waals surface area contributed by atoms with Crippen LogP contribution in [-0.4, -0.2) is 90.9 Å². The van der Waals surface area contributed by atoms with Crippen LogP contribution in [-0.2, 0) is 16.1 Å². The summed E-state index contributed by atoms with van der Waals surface area (Å²) in [5.41, 5.74) is 0.373. The van der Waals surface area contributed by atoms with Crippen LogP contribution >= 0.6 is 0 Å². The first kappa shape index (κ1) is 31.3. The van der Waals surface area contributed by atoms with Crippen molar-refractivity contribution in [3.63, 3.8) is 0 Å². The van der Waals surface area contributed by atoms with Crippen LogP contribution in [0.1, 0.15) is 80.5 Å². The molecule has 222 valence electrons. The Kier molecular flexibility index (Phi) is 12.1. The molecular weight excluding hydrogens is 526 g/mol. The predicted octanol–water partition coefficient (Wildman–Crippen LogP) is 2.00. The summed E-state index contributed by atoms with van der Waals surface area (Å²) in [6.45, 7) is 1.12. The Morgan fingerprint density at radius 2 is 1.45 bits per heavy atom. The standard InChI is InChI=1S/C23H33N3O4.C4H6O6/c27-14-13-24-16-19-11-12-21(29-19)22-15-20(25-30-22)23(28)26(17-7-3-1-4-8-17)18-9-5-2-6-10-18;5-1(3(7)8)2(6)4(9)10/h11-12,15,17-18,24,27H,1-10,13-14,16H2;1-2,5-6H,(H,7,8)(H,9,10)/t;1-,2-/m.1/s1. The SMILES string of the molecule is O=C(O)[C@H](O)[C@@H](O)C(=O)O.O=C(c1cc(-c2ccc(CNCCO)o2)on1)N(C1CCCCC1)C1CCCCC1. The van der Waals surface area contributed by atoms with E-state index < -0.39 is 24.1 Å². The number of nitrogens with one attached hydrogen (secondary N) is 1. The highest BCUT2D eigenvalue weighted by molar-refractivity contribution is 5.93. The van der Waals surface area contributed by atoms with Crippen LogP contribution in [0.25, 0.3) is 11.5 Å².